The van der Waals surface area contributed by atoms with E-state index in [1.54, 1.807) is 0 Å². The van der Waals surface area contributed by atoms with Gasteiger partial charge in [-0.25, -0.2) is 0 Å². The summed E-state index contributed by atoms with van der Waals surface area (Å²) >= 11 is 1.41. The Hall–Kier alpha value is -0.720. The number of hydrogen-bond donors (Lipinski definition) is 2. The number of hydrogen-bond acceptors (Lipinski definition) is 6. The molecule has 1 unspecified atom stereocenters. The highest BCUT2D eigenvalue weighted by Crippen LogP contribution is 2.18. The number of nitrogens with one attached hydrogen (secondary N) is 1. The van der Waals surface area contributed by atoms with Crippen LogP contribution in [0.1, 0.15) is 32.4 Å². The summed E-state index contributed by atoms with van der Waals surface area (Å²) in [6.45, 7) is 6.54. The van der Waals surface area contributed by atoms with E-state index in [2.05, 4.69) is 26.7 Å². The summed E-state index contributed by atoms with van der Waals surface area (Å²) in [5.74, 6) is 0. The molecule has 0 fully saturated rings. The Kier molecular flexibility index (Phi) is 6.39. The lowest BCUT2D eigenvalue weighted by atomic mass is 10.2. The van der Waals surface area contributed by atoms with Crippen LogP contribution in [0, 0.1) is 0 Å². The van der Waals surface area contributed by atoms with Gasteiger partial charge >= 0.3 is 0 Å². The van der Waals surface area contributed by atoms with Crippen molar-refractivity contribution in [2.45, 2.75) is 39.3 Å². The largest absolute Gasteiger partial charge is 0.393 e. The van der Waals surface area contributed by atoms with Gasteiger partial charge in [-0.05, 0) is 26.8 Å². The molecule has 17 heavy (non-hydrogen) atoms. The van der Waals surface area contributed by atoms with Crippen LogP contribution in [-0.2, 0) is 6.54 Å². The van der Waals surface area contributed by atoms with E-state index in [0.717, 1.165) is 43.2 Å². The smallest absolute Gasteiger partial charge is 0.134 e. The molecule has 0 aliphatic rings. The highest BCUT2D eigenvalue weighted by atomic mass is 32.1. The van der Waals surface area contributed by atoms with Crippen LogP contribution in [0.15, 0.2) is 0 Å². The van der Waals surface area contributed by atoms with Gasteiger partial charge in [0.15, 0.2) is 0 Å². The standard InChI is InChI=1S/C11H22N4OS/c1-4-6-12-11-10(13-14-17-11)8-15(3)7-5-9(2)16/h9,12,16H,4-8H2,1-3H3. The molecule has 0 aliphatic carbocycles. The molecule has 0 amide bonds. The molecule has 1 aromatic heterocycles. The number of anilines is 1. The van der Waals surface area contributed by atoms with E-state index in [4.69, 9.17) is 0 Å². The van der Waals surface area contributed by atoms with Crippen molar-refractivity contribution in [3.63, 3.8) is 0 Å². The molecule has 0 saturated carbocycles. The molecule has 98 valence electrons. The van der Waals surface area contributed by atoms with Crippen LogP contribution >= 0.6 is 11.5 Å². The summed E-state index contributed by atoms with van der Waals surface area (Å²) in [5.41, 5.74) is 0.997. The van der Waals surface area contributed by atoms with Crippen LogP contribution in [-0.4, -0.2) is 45.8 Å². The summed E-state index contributed by atoms with van der Waals surface area (Å²) in [4.78, 5) is 2.15. The fourth-order valence-electron chi connectivity index (χ4n) is 1.43. The minimum atomic E-state index is -0.247. The SMILES string of the molecule is CCCNc1snnc1CN(C)CCC(C)O. The Morgan fingerprint density at radius 3 is 2.94 bits per heavy atom. The van der Waals surface area contributed by atoms with E-state index in [1.807, 2.05) is 14.0 Å². The molecule has 0 aromatic carbocycles. The second-order valence-corrected chi connectivity index (χ2v) is 5.11. The van der Waals surface area contributed by atoms with E-state index in [-0.39, 0.29) is 6.10 Å². The first-order chi connectivity index (χ1) is 8.13. The van der Waals surface area contributed by atoms with Crippen LogP contribution in [0.5, 0.6) is 0 Å². The van der Waals surface area contributed by atoms with Gasteiger partial charge in [0.25, 0.3) is 0 Å². The predicted octanol–water partition coefficient (Wildman–Crippen LogP) is 1.56. The third-order valence-electron chi connectivity index (χ3n) is 2.44. The van der Waals surface area contributed by atoms with Crippen molar-refractivity contribution < 1.29 is 5.11 Å². The maximum absolute atomic E-state index is 9.23. The monoisotopic (exact) mass is 258 g/mol. The van der Waals surface area contributed by atoms with Crippen molar-refractivity contribution in [3.05, 3.63) is 5.69 Å². The van der Waals surface area contributed by atoms with Gasteiger partial charge in [-0.3, -0.25) is 0 Å². The first kappa shape index (κ1) is 14.3. The molecular formula is C11H22N4OS. The predicted molar refractivity (Wildman–Crippen MR) is 71.3 cm³/mol. The summed E-state index contributed by atoms with van der Waals surface area (Å²) < 4.78 is 3.98. The molecule has 2 N–H and O–H groups in total. The van der Waals surface area contributed by atoms with Crippen molar-refractivity contribution in [2.24, 2.45) is 0 Å². The lowest BCUT2D eigenvalue weighted by molar-refractivity contribution is 0.162. The second-order valence-electron chi connectivity index (χ2n) is 4.35. The van der Waals surface area contributed by atoms with Gasteiger partial charge in [-0.2, -0.15) is 0 Å². The van der Waals surface area contributed by atoms with Gasteiger partial charge in [0.05, 0.1) is 6.10 Å². The quantitative estimate of drug-likeness (QED) is 0.741. The minimum absolute atomic E-state index is 0.247. The Morgan fingerprint density at radius 2 is 2.29 bits per heavy atom. The van der Waals surface area contributed by atoms with Crippen LogP contribution < -0.4 is 5.32 Å². The molecule has 0 bridgehead atoms. The van der Waals surface area contributed by atoms with Crippen molar-refractivity contribution in [1.82, 2.24) is 14.5 Å². The number of rotatable bonds is 8. The first-order valence-electron chi connectivity index (χ1n) is 6.05. The van der Waals surface area contributed by atoms with Gasteiger partial charge in [0, 0.05) is 31.2 Å². The highest BCUT2D eigenvalue weighted by molar-refractivity contribution is 7.10. The number of aliphatic hydroxyl groups is 1. The molecule has 0 radical (unpaired) electrons. The van der Waals surface area contributed by atoms with Gasteiger partial charge < -0.3 is 15.3 Å². The molecule has 5 nitrogen and oxygen atoms in total. The van der Waals surface area contributed by atoms with Crippen molar-refractivity contribution in [1.29, 1.82) is 0 Å². The fourth-order valence-corrected chi connectivity index (χ4v) is 2.03. The number of nitrogens with zero attached hydrogens (tertiary/aromatic N) is 3. The van der Waals surface area contributed by atoms with E-state index >= 15 is 0 Å². The van der Waals surface area contributed by atoms with Crippen LogP contribution in [0.3, 0.4) is 0 Å². The summed E-state index contributed by atoms with van der Waals surface area (Å²) in [6.07, 6.45) is 1.63. The molecular weight excluding hydrogens is 236 g/mol. The van der Waals surface area contributed by atoms with E-state index in [0.29, 0.717) is 0 Å². The molecule has 1 heterocycles. The fraction of sp³-hybridized carbons (Fsp3) is 0.818. The highest BCUT2D eigenvalue weighted by Gasteiger charge is 2.10. The molecule has 0 spiro atoms. The third-order valence-corrected chi connectivity index (χ3v) is 3.17. The molecule has 0 saturated heterocycles. The first-order valence-corrected chi connectivity index (χ1v) is 6.82. The zero-order valence-electron chi connectivity index (χ0n) is 10.8. The van der Waals surface area contributed by atoms with Crippen LogP contribution in [0.4, 0.5) is 5.00 Å². The van der Waals surface area contributed by atoms with Gasteiger partial charge in [0.1, 0.15) is 10.7 Å². The van der Waals surface area contributed by atoms with Crippen molar-refractivity contribution in [3.8, 4) is 0 Å². The summed E-state index contributed by atoms with van der Waals surface area (Å²) in [6, 6.07) is 0. The average Bonchev–Trinajstić information content (AvgIpc) is 2.71. The van der Waals surface area contributed by atoms with Crippen LogP contribution in [0.25, 0.3) is 0 Å². The normalized spacial score (nSPS) is 13.0. The van der Waals surface area contributed by atoms with E-state index in [9.17, 15) is 5.11 Å². The minimum Gasteiger partial charge on any atom is -0.393 e. The maximum Gasteiger partial charge on any atom is 0.134 e. The molecule has 6 heteroatoms. The van der Waals surface area contributed by atoms with E-state index < -0.39 is 0 Å². The van der Waals surface area contributed by atoms with Crippen molar-refractivity contribution >= 4 is 16.5 Å². The summed E-state index contributed by atoms with van der Waals surface area (Å²) in [7, 11) is 2.03. The lowest BCUT2D eigenvalue weighted by Gasteiger charge is -2.16. The lowest BCUT2D eigenvalue weighted by Crippen LogP contribution is -2.22. The zero-order valence-corrected chi connectivity index (χ0v) is 11.6. The Labute approximate surface area is 107 Å². The zero-order chi connectivity index (χ0) is 12.7. The second kappa shape index (κ2) is 7.58. The molecule has 1 aromatic rings. The van der Waals surface area contributed by atoms with Crippen LogP contribution in [0.2, 0.25) is 0 Å². The maximum atomic E-state index is 9.23. The van der Waals surface area contributed by atoms with Crippen molar-refractivity contribution in [2.75, 3.05) is 25.5 Å². The van der Waals surface area contributed by atoms with Gasteiger partial charge in [-0.15, -0.1) is 5.10 Å². The Morgan fingerprint density at radius 1 is 1.53 bits per heavy atom. The average molecular weight is 258 g/mol. The van der Waals surface area contributed by atoms with Gasteiger partial charge in [0.2, 0.25) is 0 Å². The van der Waals surface area contributed by atoms with E-state index in [1.165, 1.54) is 11.5 Å². The third kappa shape index (κ3) is 5.43. The van der Waals surface area contributed by atoms with Gasteiger partial charge in [-0.1, -0.05) is 11.4 Å². The molecule has 1 rings (SSSR count). The summed E-state index contributed by atoms with van der Waals surface area (Å²) in [5, 5.41) is 17.8. The number of aliphatic hydroxyl groups excluding tert-OH is 1. The molecule has 1 atom stereocenters. The molecule has 0 aliphatic heterocycles. The Balaban J connectivity index is 2.41. The number of aromatic nitrogens is 2. The topological polar surface area (TPSA) is 61.3 Å². The Bertz CT molecular complexity index is 316.